The van der Waals surface area contributed by atoms with E-state index in [1.54, 1.807) is 0 Å². The molecule has 1 atom stereocenters. The number of aryl methyl sites for hydroxylation is 2. The van der Waals surface area contributed by atoms with Crippen molar-refractivity contribution in [3.8, 4) is 11.8 Å². The zero-order valence-electron chi connectivity index (χ0n) is 15.7. The van der Waals surface area contributed by atoms with Crippen LogP contribution < -0.4 is 15.2 Å². The van der Waals surface area contributed by atoms with Crippen LogP contribution in [-0.2, 0) is 14.8 Å². The van der Waals surface area contributed by atoms with Gasteiger partial charge < -0.3 is 15.2 Å². The summed E-state index contributed by atoms with van der Waals surface area (Å²) in [5.74, 6) is -0.236. The number of ether oxygens (including phenoxy) is 2. The molecule has 1 aliphatic heterocycles. The molecule has 2 heterocycles. The summed E-state index contributed by atoms with van der Waals surface area (Å²) < 4.78 is 38.0. The molecule has 0 saturated carbocycles. The van der Waals surface area contributed by atoms with Crippen LogP contribution in [0.4, 0.5) is 0 Å². The maximum atomic E-state index is 12.8. The van der Waals surface area contributed by atoms with Gasteiger partial charge in [-0.05, 0) is 50.6 Å². The van der Waals surface area contributed by atoms with Crippen molar-refractivity contribution in [1.82, 2.24) is 14.3 Å². The minimum absolute atomic E-state index is 0.141. The summed E-state index contributed by atoms with van der Waals surface area (Å²) in [6.45, 7) is 4.00. The molecule has 0 aliphatic carbocycles. The lowest BCUT2D eigenvalue weighted by Crippen LogP contribution is -2.31. The van der Waals surface area contributed by atoms with E-state index in [1.807, 2.05) is 19.9 Å². The molecule has 9 nitrogen and oxygen atoms in total. The number of nitrogens with zero attached hydrogens (tertiary/aromatic N) is 3. The van der Waals surface area contributed by atoms with E-state index in [1.165, 1.54) is 28.6 Å². The first-order valence-corrected chi connectivity index (χ1v) is 10.2. The van der Waals surface area contributed by atoms with E-state index in [4.69, 9.17) is 15.2 Å². The zero-order valence-corrected chi connectivity index (χ0v) is 16.5. The second-order valence-electron chi connectivity index (χ2n) is 6.55. The number of rotatable bonds is 7. The highest BCUT2D eigenvalue weighted by Gasteiger charge is 2.34. The molecular weight excluding hydrogens is 384 g/mol. The third-order valence-electron chi connectivity index (χ3n) is 4.18. The van der Waals surface area contributed by atoms with Crippen molar-refractivity contribution in [3.05, 3.63) is 41.7 Å². The summed E-state index contributed by atoms with van der Waals surface area (Å²) >= 11 is 0. The quantitative estimate of drug-likeness (QED) is 0.721. The predicted molar refractivity (Wildman–Crippen MR) is 100 cm³/mol. The first-order valence-electron chi connectivity index (χ1n) is 8.74. The molecule has 1 aromatic heterocycles. The summed E-state index contributed by atoms with van der Waals surface area (Å²) in [7, 11) is -3.66. The molecule has 0 unspecified atom stereocenters. The molecule has 3 rings (SSSR count). The average molecular weight is 406 g/mol. The smallest absolute Gasteiger partial charge is 0.317 e. The number of benzene rings is 1. The Morgan fingerprint density at radius 3 is 2.46 bits per heavy atom. The second kappa shape index (κ2) is 8.11. The summed E-state index contributed by atoms with van der Waals surface area (Å²) in [5, 5.41) is 0. The van der Waals surface area contributed by atoms with Gasteiger partial charge in [0.05, 0.1) is 11.4 Å². The van der Waals surface area contributed by atoms with Crippen LogP contribution in [0.5, 0.6) is 11.8 Å². The monoisotopic (exact) mass is 406 g/mol. The van der Waals surface area contributed by atoms with Gasteiger partial charge in [-0.3, -0.25) is 4.79 Å². The van der Waals surface area contributed by atoms with E-state index in [0.717, 1.165) is 11.4 Å². The van der Waals surface area contributed by atoms with Gasteiger partial charge in [-0.1, -0.05) is 0 Å². The Morgan fingerprint density at radius 2 is 1.86 bits per heavy atom. The molecule has 0 bridgehead atoms. The molecule has 10 heteroatoms. The van der Waals surface area contributed by atoms with Crippen LogP contribution in [0.1, 0.15) is 17.8 Å². The first-order chi connectivity index (χ1) is 13.2. The first kappa shape index (κ1) is 20.0. The number of hydrogen-bond donors (Lipinski definition) is 1. The van der Waals surface area contributed by atoms with E-state index >= 15 is 0 Å². The normalized spacial score (nSPS) is 17.4. The van der Waals surface area contributed by atoms with Crippen molar-refractivity contribution in [1.29, 1.82) is 0 Å². The molecule has 2 aromatic rings. The van der Waals surface area contributed by atoms with Crippen LogP contribution in [0.15, 0.2) is 35.2 Å². The molecule has 0 radical (unpaired) electrons. The van der Waals surface area contributed by atoms with Crippen molar-refractivity contribution in [2.45, 2.75) is 31.3 Å². The average Bonchev–Trinajstić information content (AvgIpc) is 3.08. The number of primary amides is 1. The number of amides is 1. The topological polar surface area (TPSA) is 125 Å². The lowest BCUT2D eigenvalue weighted by molar-refractivity contribution is -0.119. The fourth-order valence-corrected chi connectivity index (χ4v) is 4.41. The van der Waals surface area contributed by atoms with E-state index in [9.17, 15) is 13.2 Å². The van der Waals surface area contributed by atoms with Gasteiger partial charge in [-0.2, -0.15) is 4.31 Å². The molecule has 28 heavy (non-hydrogen) atoms. The minimum atomic E-state index is -3.66. The van der Waals surface area contributed by atoms with Crippen LogP contribution >= 0.6 is 0 Å². The van der Waals surface area contributed by atoms with Crippen molar-refractivity contribution in [2.24, 2.45) is 5.73 Å². The van der Waals surface area contributed by atoms with E-state index in [2.05, 4.69) is 9.97 Å². The Kier molecular flexibility index (Phi) is 5.80. The molecule has 2 N–H and O–H groups in total. The number of carbonyl (C=O) groups is 1. The molecule has 1 amide bonds. The molecule has 0 spiro atoms. The predicted octanol–water partition coefficient (Wildman–Crippen LogP) is 0.800. The highest BCUT2D eigenvalue weighted by atomic mass is 32.2. The Hall–Kier alpha value is -2.72. The fourth-order valence-electron chi connectivity index (χ4n) is 2.92. The van der Waals surface area contributed by atoms with Crippen molar-refractivity contribution >= 4 is 15.9 Å². The van der Waals surface area contributed by atoms with Crippen molar-refractivity contribution in [2.75, 3.05) is 19.7 Å². The van der Waals surface area contributed by atoms with Gasteiger partial charge in [0.1, 0.15) is 11.9 Å². The second-order valence-corrected chi connectivity index (χ2v) is 8.49. The fraction of sp³-hybridized carbons (Fsp3) is 0.389. The van der Waals surface area contributed by atoms with Gasteiger partial charge in [-0.15, -0.1) is 0 Å². The van der Waals surface area contributed by atoms with Gasteiger partial charge in [0.25, 0.3) is 5.91 Å². The van der Waals surface area contributed by atoms with Gasteiger partial charge >= 0.3 is 6.01 Å². The lowest BCUT2D eigenvalue weighted by atomic mass is 10.3. The summed E-state index contributed by atoms with van der Waals surface area (Å²) in [6.07, 6.45) is 0.240. The van der Waals surface area contributed by atoms with Gasteiger partial charge in [0.15, 0.2) is 6.61 Å². The van der Waals surface area contributed by atoms with Crippen LogP contribution in [0.25, 0.3) is 0 Å². The van der Waals surface area contributed by atoms with Crippen molar-refractivity contribution in [3.63, 3.8) is 0 Å². The maximum absolute atomic E-state index is 12.8. The van der Waals surface area contributed by atoms with Crippen LogP contribution in [0.3, 0.4) is 0 Å². The highest BCUT2D eigenvalue weighted by Crippen LogP contribution is 2.24. The Labute approximate surface area is 163 Å². The van der Waals surface area contributed by atoms with Gasteiger partial charge in [0, 0.05) is 17.9 Å². The Balaban J connectivity index is 1.65. The summed E-state index contributed by atoms with van der Waals surface area (Å²) in [4.78, 5) is 19.4. The maximum Gasteiger partial charge on any atom is 0.317 e. The molecule has 1 aromatic carbocycles. The van der Waals surface area contributed by atoms with E-state index in [-0.39, 0.29) is 30.2 Å². The molecular formula is C18H22N4O5S. The highest BCUT2D eigenvalue weighted by molar-refractivity contribution is 7.89. The summed E-state index contributed by atoms with van der Waals surface area (Å²) in [6, 6.07) is 7.96. The largest absolute Gasteiger partial charge is 0.484 e. The summed E-state index contributed by atoms with van der Waals surface area (Å²) in [5.41, 5.74) is 6.61. The molecule has 150 valence electrons. The minimum Gasteiger partial charge on any atom is -0.484 e. The van der Waals surface area contributed by atoms with Gasteiger partial charge in [0.2, 0.25) is 10.0 Å². The number of sulfonamides is 1. The van der Waals surface area contributed by atoms with Crippen LogP contribution in [0.2, 0.25) is 0 Å². The lowest BCUT2D eigenvalue weighted by Gasteiger charge is -2.17. The Morgan fingerprint density at radius 1 is 1.21 bits per heavy atom. The van der Waals surface area contributed by atoms with Gasteiger partial charge in [-0.25, -0.2) is 18.4 Å². The third-order valence-corrected chi connectivity index (χ3v) is 6.06. The van der Waals surface area contributed by atoms with Crippen LogP contribution in [-0.4, -0.2) is 54.4 Å². The number of nitrogens with two attached hydrogens (primary N) is 1. The number of hydrogen-bond acceptors (Lipinski definition) is 7. The number of aromatic nitrogens is 2. The SMILES string of the molecule is Cc1cc(C)nc(O[C@@H]2CCN(S(=O)(=O)c3ccc(OCC(N)=O)cc3)C2)n1. The molecule has 1 fully saturated rings. The van der Waals surface area contributed by atoms with Crippen molar-refractivity contribution < 1.29 is 22.7 Å². The molecule has 1 aliphatic rings. The Bertz CT molecular complexity index is 942. The zero-order chi connectivity index (χ0) is 20.3. The van der Waals surface area contributed by atoms with E-state index < -0.39 is 15.9 Å². The third kappa shape index (κ3) is 4.76. The van der Waals surface area contributed by atoms with E-state index in [0.29, 0.717) is 18.7 Å². The van der Waals surface area contributed by atoms with Crippen LogP contribution in [0, 0.1) is 13.8 Å². The standard InChI is InChI=1S/C18H22N4O5S/c1-12-9-13(2)21-18(20-12)27-15-7-8-22(10-15)28(24,25)16-5-3-14(4-6-16)26-11-17(19)23/h3-6,9,15H,7-8,10-11H2,1-2H3,(H2,19,23)/t15-/m1/s1. The molecule has 1 saturated heterocycles. The number of carbonyl (C=O) groups excluding carboxylic acids is 1.